The number of alkyl halides is 1. The highest BCUT2D eigenvalue weighted by molar-refractivity contribution is 6.33. The molecule has 2 aromatic rings. The van der Waals surface area contributed by atoms with E-state index in [9.17, 15) is 4.79 Å². The van der Waals surface area contributed by atoms with E-state index in [1.807, 2.05) is 30.3 Å². The fourth-order valence-corrected chi connectivity index (χ4v) is 1.84. The Morgan fingerprint density at radius 2 is 1.61 bits per heavy atom. The maximum Gasteiger partial charge on any atom is 0.246 e. The van der Waals surface area contributed by atoms with Gasteiger partial charge in [0.25, 0.3) is 0 Å². The first-order chi connectivity index (χ1) is 8.66. The highest BCUT2D eigenvalue weighted by Crippen LogP contribution is 2.23. The number of carbonyl (C=O) groups is 1. The average Bonchev–Trinajstić information content (AvgIpc) is 2.40. The van der Waals surface area contributed by atoms with Crippen molar-refractivity contribution in [2.75, 3.05) is 5.32 Å². The fourth-order valence-electron chi connectivity index (χ4n) is 1.51. The lowest BCUT2D eigenvalue weighted by Gasteiger charge is -2.10. The molecule has 2 rings (SSSR count). The second-order valence-electron chi connectivity index (χ2n) is 3.77. The number of carbonyl (C=O) groups excluding carboxylic acids is 1. The zero-order chi connectivity index (χ0) is 13.0. The monoisotopic (exact) mass is 279 g/mol. The molecule has 0 heterocycles. The zero-order valence-electron chi connectivity index (χ0n) is 9.44. The average molecular weight is 280 g/mol. The first-order valence-electron chi connectivity index (χ1n) is 5.42. The maximum absolute atomic E-state index is 11.9. The number of anilines is 1. The Balaban J connectivity index is 2.07. The molecule has 92 valence electrons. The summed E-state index contributed by atoms with van der Waals surface area (Å²) < 4.78 is 0. The van der Waals surface area contributed by atoms with Gasteiger partial charge in [-0.3, -0.25) is 4.79 Å². The normalized spacial score (nSPS) is 11.9. The molecule has 0 fully saturated rings. The van der Waals surface area contributed by atoms with Gasteiger partial charge in [0.15, 0.2) is 0 Å². The van der Waals surface area contributed by atoms with Crippen molar-refractivity contribution in [2.45, 2.75) is 5.38 Å². The number of hydrogen-bond donors (Lipinski definition) is 1. The molecule has 1 atom stereocenters. The van der Waals surface area contributed by atoms with Gasteiger partial charge < -0.3 is 5.32 Å². The molecule has 0 aromatic heterocycles. The summed E-state index contributed by atoms with van der Waals surface area (Å²) in [6, 6.07) is 16.1. The third-order valence-corrected chi connectivity index (χ3v) is 3.14. The first-order valence-corrected chi connectivity index (χ1v) is 6.24. The van der Waals surface area contributed by atoms with E-state index in [1.54, 1.807) is 24.3 Å². The Bertz CT molecular complexity index is 525. The Labute approximate surface area is 116 Å². The molecule has 0 aliphatic carbocycles. The molecule has 0 bridgehead atoms. The molecule has 4 heteroatoms. The van der Waals surface area contributed by atoms with E-state index < -0.39 is 5.38 Å². The van der Waals surface area contributed by atoms with Gasteiger partial charge in [-0.05, 0) is 29.8 Å². The molecular weight excluding hydrogens is 269 g/mol. The summed E-state index contributed by atoms with van der Waals surface area (Å²) in [7, 11) is 0. The first kappa shape index (κ1) is 12.9. The lowest BCUT2D eigenvalue weighted by molar-refractivity contribution is -0.116. The van der Waals surface area contributed by atoms with Crippen molar-refractivity contribution >= 4 is 34.8 Å². The molecular formula is C14H11Cl2NO. The van der Waals surface area contributed by atoms with Gasteiger partial charge in [-0.1, -0.05) is 41.9 Å². The smallest absolute Gasteiger partial charge is 0.246 e. The molecule has 2 aromatic carbocycles. The molecule has 0 radical (unpaired) electrons. The summed E-state index contributed by atoms with van der Waals surface area (Å²) in [5, 5.41) is 2.63. The molecule has 0 spiro atoms. The standard InChI is InChI=1S/C14H11Cl2NO/c15-11-8-6-10(7-9-11)13(16)14(18)17-12-4-2-1-3-5-12/h1-9,13H,(H,17,18). The summed E-state index contributed by atoms with van der Waals surface area (Å²) >= 11 is 11.9. The highest BCUT2D eigenvalue weighted by atomic mass is 35.5. The van der Waals surface area contributed by atoms with Crippen molar-refractivity contribution in [3.05, 3.63) is 65.2 Å². The second-order valence-corrected chi connectivity index (χ2v) is 4.64. The van der Waals surface area contributed by atoms with Crippen LogP contribution in [0.3, 0.4) is 0 Å². The van der Waals surface area contributed by atoms with Crippen molar-refractivity contribution in [3.63, 3.8) is 0 Å². The molecule has 1 unspecified atom stereocenters. The van der Waals surface area contributed by atoms with Crippen LogP contribution >= 0.6 is 23.2 Å². The summed E-state index contributed by atoms with van der Waals surface area (Å²) in [5.41, 5.74) is 1.44. The van der Waals surface area contributed by atoms with Crippen molar-refractivity contribution in [1.82, 2.24) is 0 Å². The second kappa shape index (κ2) is 5.89. The van der Waals surface area contributed by atoms with Crippen LogP contribution in [-0.2, 0) is 4.79 Å². The van der Waals surface area contributed by atoms with Crippen molar-refractivity contribution in [2.24, 2.45) is 0 Å². The van der Waals surface area contributed by atoms with E-state index >= 15 is 0 Å². The number of nitrogens with one attached hydrogen (secondary N) is 1. The fraction of sp³-hybridized carbons (Fsp3) is 0.0714. The number of hydrogen-bond acceptors (Lipinski definition) is 1. The summed E-state index contributed by atoms with van der Waals surface area (Å²) in [4.78, 5) is 11.9. The van der Waals surface area contributed by atoms with E-state index in [1.165, 1.54) is 0 Å². The molecule has 1 amide bonds. The third kappa shape index (κ3) is 3.25. The van der Waals surface area contributed by atoms with Gasteiger partial charge >= 0.3 is 0 Å². The molecule has 0 saturated carbocycles. The van der Waals surface area contributed by atoms with Crippen LogP contribution in [0.25, 0.3) is 0 Å². The predicted octanol–water partition coefficient (Wildman–Crippen LogP) is 4.26. The molecule has 2 nitrogen and oxygen atoms in total. The topological polar surface area (TPSA) is 29.1 Å². The molecule has 0 aliphatic rings. The van der Waals surface area contributed by atoms with E-state index in [2.05, 4.69) is 5.32 Å². The van der Waals surface area contributed by atoms with Gasteiger partial charge in [-0.25, -0.2) is 0 Å². The van der Waals surface area contributed by atoms with Crippen molar-refractivity contribution < 1.29 is 4.79 Å². The lowest BCUT2D eigenvalue weighted by Crippen LogP contribution is -2.17. The Kier molecular flexibility index (Phi) is 4.24. The van der Waals surface area contributed by atoms with Crippen LogP contribution in [0.5, 0.6) is 0 Å². The van der Waals surface area contributed by atoms with Crippen LogP contribution in [-0.4, -0.2) is 5.91 Å². The number of rotatable bonds is 3. The van der Waals surface area contributed by atoms with E-state index in [0.717, 1.165) is 11.3 Å². The van der Waals surface area contributed by atoms with Crippen LogP contribution in [0.1, 0.15) is 10.9 Å². The Morgan fingerprint density at radius 1 is 1.00 bits per heavy atom. The van der Waals surface area contributed by atoms with Crippen LogP contribution in [0.4, 0.5) is 5.69 Å². The highest BCUT2D eigenvalue weighted by Gasteiger charge is 2.17. The quantitative estimate of drug-likeness (QED) is 0.836. The van der Waals surface area contributed by atoms with Crippen LogP contribution in [0.15, 0.2) is 54.6 Å². The minimum absolute atomic E-state index is 0.259. The van der Waals surface area contributed by atoms with Crippen LogP contribution in [0, 0.1) is 0 Å². The Morgan fingerprint density at radius 3 is 2.22 bits per heavy atom. The van der Waals surface area contributed by atoms with Gasteiger partial charge in [-0.2, -0.15) is 0 Å². The van der Waals surface area contributed by atoms with E-state index in [0.29, 0.717) is 5.02 Å². The largest absolute Gasteiger partial charge is 0.325 e. The molecule has 1 N–H and O–H groups in total. The Hall–Kier alpha value is -1.51. The number of amides is 1. The van der Waals surface area contributed by atoms with Crippen LogP contribution in [0.2, 0.25) is 5.02 Å². The summed E-state index contributed by atoms with van der Waals surface area (Å²) in [6.45, 7) is 0. The van der Waals surface area contributed by atoms with Crippen LogP contribution < -0.4 is 5.32 Å². The molecule has 18 heavy (non-hydrogen) atoms. The number of para-hydroxylation sites is 1. The SMILES string of the molecule is O=C(Nc1ccccc1)C(Cl)c1ccc(Cl)cc1. The predicted molar refractivity (Wildman–Crippen MR) is 75.1 cm³/mol. The van der Waals surface area contributed by atoms with Gasteiger partial charge in [0.2, 0.25) is 5.91 Å². The van der Waals surface area contributed by atoms with Crippen molar-refractivity contribution in [3.8, 4) is 0 Å². The van der Waals surface area contributed by atoms with Gasteiger partial charge in [0.05, 0.1) is 0 Å². The summed E-state index contributed by atoms with van der Waals surface area (Å²) in [5.74, 6) is -0.259. The number of halogens is 2. The van der Waals surface area contributed by atoms with Gasteiger partial charge in [0, 0.05) is 10.7 Å². The van der Waals surface area contributed by atoms with Gasteiger partial charge in [-0.15, -0.1) is 11.6 Å². The summed E-state index contributed by atoms with van der Waals surface area (Å²) in [6.07, 6.45) is 0. The van der Waals surface area contributed by atoms with Gasteiger partial charge in [0.1, 0.15) is 5.38 Å². The third-order valence-electron chi connectivity index (χ3n) is 2.43. The zero-order valence-corrected chi connectivity index (χ0v) is 10.9. The van der Waals surface area contributed by atoms with Crippen molar-refractivity contribution in [1.29, 1.82) is 0 Å². The minimum Gasteiger partial charge on any atom is -0.325 e. The maximum atomic E-state index is 11.9. The van der Waals surface area contributed by atoms with E-state index in [-0.39, 0.29) is 5.91 Å². The molecule has 0 aliphatic heterocycles. The lowest BCUT2D eigenvalue weighted by atomic mass is 10.1. The van der Waals surface area contributed by atoms with E-state index in [4.69, 9.17) is 23.2 Å². The number of benzene rings is 2. The minimum atomic E-state index is -0.734. The molecule has 0 saturated heterocycles.